The number of anilines is 1. The predicted molar refractivity (Wildman–Crippen MR) is 90.6 cm³/mol. The summed E-state index contributed by atoms with van der Waals surface area (Å²) in [5.74, 6) is -0.109. The minimum absolute atomic E-state index is 0.275. The number of hydrogen-bond acceptors (Lipinski definition) is 2. The topological polar surface area (TPSA) is 38.3 Å². The third-order valence-corrected chi connectivity index (χ3v) is 3.76. The van der Waals surface area contributed by atoms with E-state index in [2.05, 4.69) is 5.32 Å². The highest BCUT2D eigenvalue weighted by Crippen LogP contribution is 2.34. The number of rotatable bonds is 6. The number of halogens is 3. The van der Waals surface area contributed by atoms with E-state index >= 15 is 0 Å². The molecule has 3 nitrogen and oxygen atoms in total. The Morgan fingerprint density at radius 2 is 1.72 bits per heavy atom. The molecule has 0 aromatic heterocycles. The van der Waals surface area contributed by atoms with Gasteiger partial charge in [-0.15, -0.1) is 0 Å². The molecule has 0 aliphatic carbocycles. The summed E-state index contributed by atoms with van der Waals surface area (Å²) in [5, 5.41) is 2.33. The number of para-hydroxylation sites is 1. The van der Waals surface area contributed by atoms with Gasteiger partial charge in [-0.25, -0.2) is 0 Å². The molecular formula is C19H20F3NO2. The van der Waals surface area contributed by atoms with E-state index in [9.17, 15) is 18.0 Å². The Kier molecular flexibility index (Phi) is 6.07. The Hall–Kier alpha value is -2.50. The lowest BCUT2D eigenvalue weighted by molar-refractivity contribution is -0.137. The molecule has 2 rings (SSSR count). The molecule has 0 heterocycles. The average Bonchev–Trinajstić information content (AvgIpc) is 2.59. The quantitative estimate of drug-likeness (QED) is 0.790. The van der Waals surface area contributed by atoms with Gasteiger partial charge in [0.2, 0.25) is 0 Å². The van der Waals surface area contributed by atoms with Gasteiger partial charge in [0.15, 0.2) is 6.10 Å². The van der Waals surface area contributed by atoms with Crippen LogP contribution in [0.1, 0.15) is 31.4 Å². The SMILES string of the molecule is CCc1ccc(O[C@@H](CC)C(=O)Nc2ccccc2C(F)(F)F)cc1. The molecule has 0 fully saturated rings. The lowest BCUT2D eigenvalue weighted by Crippen LogP contribution is -2.33. The molecule has 0 aliphatic rings. The van der Waals surface area contributed by atoms with Crippen molar-refractivity contribution in [2.45, 2.75) is 39.0 Å². The highest BCUT2D eigenvalue weighted by Gasteiger charge is 2.34. The number of ether oxygens (including phenoxy) is 1. The maximum absolute atomic E-state index is 13.0. The van der Waals surface area contributed by atoms with Gasteiger partial charge in [-0.05, 0) is 42.7 Å². The first-order valence-corrected chi connectivity index (χ1v) is 8.07. The zero-order chi connectivity index (χ0) is 18.4. The Morgan fingerprint density at radius 3 is 2.28 bits per heavy atom. The van der Waals surface area contributed by atoms with E-state index in [0.717, 1.165) is 18.1 Å². The molecule has 2 aromatic rings. The van der Waals surface area contributed by atoms with E-state index in [1.807, 2.05) is 19.1 Å². The first-order valence-electron chi connectivity index (χ1n) is 8.07. The molecule has 134 valence electrons. The molecule has 2 aromatic carbocycles. The highest BCUT2D eigenvalue weighted by atomic mass is 19.4. The van der Waals surface area contributed by atoms with Crippen molar-refractivity contribution in [2.24, 2.45) is 0 Å². The summed E-state index contributed by atoms with van der Waals surface area (Å²) in [7, 11) is 0. The van der Waals surface area contributed by atoms with Crippen LogP contribution in [0.5, 0.6) is 5.75 Å². The molecule has 0 unspecified atom stereocenters. The standard InChI is InChI=1S/C19H20F3NO2/c1-3-13-9-11-14(12-10-13)25-17(4-2)18(24)23-16-8-6-5-7-15(16)19(20,21)22/h5-12,17H,3-4H2,1-2H3,(H,23,24)/t17-/m0/s1. The Balaban J connectivity index is 2.12. The van der Waals surface area contributed by atoms with Crippen LogP contribution in [0.4, 0.5) is 18.9 Å². The zero-order valence-corrected chi connectivity index (χ0v) is 14.1. The molecule has 6 heteroatoms. The summed E-state index contributed by atoms with van der Waals surface area (Å²) >= 11 is 0. The fourth-order valence-corrected chi connectivity index (χ4v) is 2.34. The van der Waals surface area contributed by atoms with Gasteiger partial charge in [-0.3, -0.25) is 4.79 Å². The van der Waals surface area contributed by atoms with E-state index in [-0.39, 0.29) is 5.69 Å². The summed E-state index contributed by atoms with van der Waals surface area (Å²) in [4.78, 5) is 12.3. The number of hydrogen-bond donors (Lipinski definition) is 1. The van der Waals surface area contributed by atoms with Crippen LogP contribution in [0.25, 0.3) is 0 Å². The van der Waals surface area contributed by atoms with Gasteiger partial charge >= 0.3 is 6.18 Å². The number of aryl methyl sites for hydroxylation is 1. The Morgan fingerprint density at radius 1 is 1.08 bits per heavy atom. The molecule has 0 saturated carbocycles. The normalized spacial score (nSPS) is 12.5. The van der Waals surface area contributed by atoms with Gasteiger partial charge in [0.25, 0.3) is 5.91 Å². The van der Waals surface area contributed by atoms with Crippen LogP contribution >= 0.6 is 0 Å². The maximum Gasteiger partial charge on any atom is 0.418 e. The average molecular weight is 351 g/mol. The summed E-state index contributed by atoms with van der Waals surface area (Å²) in [5.41, 5.74) is -0.0298. The van der Waals surface area contributed by atoms with E-state index in [4.69, 9.17) is 4.74 Å². The fourth-order valence-electron chi connectivity index (χ4n) is 2.34. The number of carbonyl (C=O) groups is 1. The highest BCUT2D eigenvalue weighted by molar-refractivity contribution is 5.95. The number of carbonyl (C=O) groups excluding carboxylic acids is 1. The third-order valence-electron chi connectivity index (χ3n) is 3.76. The first-order chi connectivity index (χ1) is 11.8. The van der Waals surface area contributed by atoms with Crippen LogP contribution in [0, 0.1) is 0 Å². The largest absolute Gasteiger partial charge is 0.481 e. The minimum atomic E-state index is -4.54. The van der Waals surface area contributed by atoms with Crippen LogP contribution in [-0.2, 0) is 17.4 Å². The van der Waals surface area contributed by atoms with Gasteiger partial charge in [0, 0.05) is 0 Å². The third kappa shape index (κ3) is 4.98. The van der Waals surface area contributed by atoms with Crippen LogP contribution in [0.2, 0.25) is 0 Å². The smallest absolute Gasteiger partial charge is 0.418 e. The minimum Gasteiger partial charge on any atom is -0.481 e. The molecule has 0 bridgehead atoms. The summed E-state index contributed by atoms with van der Waals surface area (Å²) < 4.78 is 44.7. The van der Waals surface area contributed by atoms with Crippen molar-refractivity contribution in [1.82, 2.24) is 0 Å². The van der Waals surface area contributed by atoms with Gasteiger partial charge in [0.1, 0.15) is 5.75 Å². The fraction of sp³-hybridized carbons (Fsp3) is 0.316. The molecule has 1 amide bonds. The monoisotopic (exact) mass is 351 g/mol. The van der Waals surface area contributed by atoms with Crippen LogP contribution in [0.15, 0.2) is 48.5 Å². The van der Waals surface area contributed by atoms with Crippen molar-refractivity contribution in [3.8, 4) is 5.75 Å². The first kappa shape index (κ1) is 18.8. The van der Waals surface area contributed by atoms with Crippen LogP contribution in [0.3, 0.4) is 0 Å². The molecule has 0 spiro atoms. The van der Waals surface area contributed by atoms with Gasteiger partial charge in [-0.1, -0.05) is 38.1 Å². The number of benzene rings is 2. The van der Waals surface area contributed by atoms with Crippen LogP contribution in [-0.4, -0.2) is 12.0 Å². The van der Waals surface area contributed by atoms with Crippen molar-refractivity contribution in [3.05, 3.63) is 59.7 Å². The molecule has 0 aliphatic heterocycles. The van der Waals surface area contributed by atoms with E-state index in [1.165, 1.54) is 18.2 Å². The van der Waals surface area contributed by atoms with Crippen molar-refractivity contribution in [2.75, 3.05) is 5.32 Å². The second kappa shape index (κ2) is 8.05. The molecule has 1 N–H and O–H groups in total. The maximum atomic E-state index is 13.0. The van der Waals surface area contributed by atoms with Crippen molar-refractivity contribution < 1.29 is 22.7 Å². The zero-order valence-electron chi connectivity index (χ0n) is 14.1. The molecule has 0 radical (unpaired) electrons. The number of nitrogens with one attached hydrogen (secondary N) is 1. The van der Waals surface area contributed by atoms with Crippen LogP contribution < -0.4 is 10.1 Å². The summed E-state index contributed by atoms with van der Waals surface area (Å²) in [6.45, 7) is 3.76. The van der Waals surface area contributed by atoms with E-state index in [1.54, 1.807) is 19.1 Å². The number of amides is 1. The van der Waals surface area contributed by atoms with Crippen molar-refractivity contribution >= 4 is 11.6 Å². The number of alkyl halides is 3. The van der Waals surface area contributed by atoms with Crippen molar-refractivity contribution in [3.63, 3.8) is 0 Å². The Labute approximate surface area is 144 Å². The summed E-state index contributed by atoms with van der Waals surface area (Å²) in [6.07, 6.45) is -4.21. The second-order valence-corrected chi connectivity index (χ2v) is 5.54. The Bertz CT molecular complexity index is 711. The van der Waals surface area contributed by atoms with Gasteiger partial charge < -0.3 is 10.1 Å². The van der Waals surface area contributed by atoms with Gasteiger partial charge in [-0.2, -0.15) is 13.2 Å². The molecular weight excluding hydrogens is 331 g/mol. The second-order valence-electron chi connectivity index (χ2n) is 5.54. The lowest BCUT2D eigenvalue weighted by Gasteiger charge is -2.19. The van der Waals surface area contributed by atoms with E-state index < -0.39 is 23.8 Å². The molecule has 0 saturated heterocycles. The molecule has 25 heavy (non-hydrogen) atoms. The van der Waals surface area contributed by atoms with Crippen molar-refractivity contribution in [1.29, 1.82) is 0 Å². The van der Waals surface area contributed by atoms with E-state index in [0.29, 0.717) is 12.2 Å². The lowest BCUT2D eigenvalue weighted by atomic mass is 10.1. The molecule has 1 atom stereocenters. The van der Waals surface area contributed by atoms with Gasteiger partial charge in [0.05, 0.1) is 11.3 Å². The predicted octanol–water partition coefficient (Wildman–Crippen LogP) is 5.06. The summed E-state index contributed by atoms with van der Waals surface area (Å²) in [6, 6.07) is 12.1.